The van der Waals surface area contributed by atoms with Crippen LogP contribution in [-0.2, 0) is 6.42 Å². The van der Waals surface area contributed by atoms with E-state index >= 15 is 0 Å². The highest BCUT2D eigenvalue weighted by Crippen LogP contribution is 2.43. The maximum Gasteiger partial charge on any atom is 0.0602 e. The standard InChI is InChI=1S/C31H30N2S/c1-3-11-24(12-4-1)31(25-13-5-2-6-14-25)33-21-19-32(20-22-33)28-23-26-15-7-9-17-29(26)34-30-18-10-8-16-27(28)30/h1-18,28,31H,19-23H2/t28-/m0/s1. The van der Waals surface area contributed by atoms with Crippen LogP contribution in [0.1, 0.15) is 34.3 Å². The molecule has 0 amide bonds. The van der Waals surface area contributed by atoms with Crippen LogP contribution in [0.25, 0.3) is 0 Å². The number of hydrogen-bond acceptors (Lipinski definition) is 3. The molecule has 0 spiro atoms. The molecular formula is C31H30N2S. The molecule has 0 bridgehead atoms. The predicted molar refractivity (Wildman–Crippen MR) is 141 cm³/mol. The molecule has 0 N–H and O–H groups in total. The fourth-order valence-corrected chi connectivity index (χ4v) is 6.71. The van der Waals surface area contributed by atoms with E-state index < -0.39 is 0 Å². The Morgan fingerprint density at radius 2 is 1.15 bits per heavy atom. The third kappa shape index (κ3) is 4.32. The highest BCUT2D eigenvalue weighted by Gasteiger charge is 2.32. The van der Waals surface area contributed by atoms with Gasteiger partial charge in [0.1, 0.15) is 0 Å². The number of benzene rings is 4. The Morgan fingerprint density at radius 3 is 1.82 bits per heavy atom. The molecule has 6 rings (SSSR count). The van der Waals surface area contributed by atoms with E-state index in [2.05, 4.69) is 119 Å². The van der Waals surface area contributed by atoms with E-state index in [0.29, 0.717) is 12.1 Å². The van der Waals surface area contributed by atoms with Gasteiger partial charge in [-0.15, -0.1) is 0 Å². The van der Waals surface area contributed by atoms with Crippen LogP contribution in [0.15, 0.2) is 119 Å². The second-order valence-electron chi connectivity index (χ2n) is 9.26. The Bertz CT molecular complexity index is 1190. The van der Waals surface area contributed by atoms with E-state index in [4.69, 9.17) is 0 Å². The molecule has 0 unspecified atom stereocenters. The second kappa shape index (κ2) is 9.79. The van der Waals surface area contributed by atoms with E-state index in [-0.39, 0.29) is 0 Å². The third-order valence-electron chi connectivity index (χ3n) is 7.27. The highest BCUT2D eigenvalue weighted by atomic mass is 32.2. The molecule has 34 heavy (non-hydrogen) atoms. The van der Waals surface area contributed by atoms with Gasteiger partial charge in [0, 0.05) is 42.0 Å². The van der Waals surface area contributed by atoms with Crippen molar-refractivity contribution in [2.75, 3.05) is 26.2 Å². The van der Waals surface area contributed by atoms with Crippen LogP contribution in [-0.4, -0.2) is 36.0 Å². The monoisotopic (exact) mass is 462 g/mol. The summed E-state index contributed by atoms with van der Waals surface area (Å²) in [6.45, 7) is 4.31. The van der Waals surface area contributed by atoms with Gasteiger partial charge in [-0.2, -0.15) is 0 Å². The quantitative estimate of drug-likeness (QED) is 0.328. The van der Waals surface area contributed by atoms with Gasteiger partial charge in [0.05, 0.1) is 6.04 Å². The van der Waals surface area contributed by atoms with Gasteiger partial charge in [0.2, 0.25) is 0 Å². The van der Waals surface area contributed by atoms with Crippen molar-refractivity contribution in [1.29, 1.82) is 0 Å². The minimum atomic E-state index is 0.308. The van der Waals surface area contributed by atoms with Crippen molar-refractivity contribution < 1.29 is 0 Å². The number of piperazine rings is 1. The van der Waals surface area contributed by atoms with E-state index in [1.807, 2.05) is 11.8 Å². The van der Waals surface area contributed by atoms with Crippen molar-refractivity contribution in [2.24, 2.45) is 0 Å². The first-order valence-corrected chi connectivity index (χ1v) is 13.1. The van der Waals surface area contributed by atoms with E-state index in [1.165, 1.54) is 32.0 Å². The van der Waals surface area contributed by atoms with Crippen LogP contribution in [0.4, 0.5) is 0 Å². The Balaban J connectivity index is 1.27. The van der Waals surface area contributed by atoms with Gasteiger partial charge in [-0.05, 0) is 40.8 Å². The van der Waals surface area contributed by atoms with Crippen LogP contribution < -0.4 is 0 Å². The fourth-order valence-electron chi connectivity index (χ4n) is 5.58. The van der Waals surface area contributed by atoms with Crippen molar-refractivity contribution in [3.63, 3.8) is 0 Å². The Hall–Kier alpha value is -2.85. The summed E-state index contributed by atoms with van der Waals surface area (Å²) in [6.07, 6.45) is 1.08. The smallest absolute Gasteiger partial charge is 0.0602 e. The van der Waals surface area contributed by atoms with Crippen molar-refractivity contribution in [3.8, 4) is 0 Å². The average Bonchev–Trinajstić information content (AvgIpc) is 3.07. The first kappa shape index (κ1) is 21.7. The summed E-state index contributed by atoms with van der Waals surface area (Å²) in [6, 6.07) is 40.7. The SMILES string of the molecule is c1ccc(C(c2ccccc2)N2CCN([C@H]3Cc4ccccc4Sc4ccccc43)CC2)cc1. The fraction of sp³-hybridized carbons (Fsp3) is 0.226. The normalized spacial score (nSPS) is 18.8. The van der Waals surface area contributed by atoms with Crippen molar-refractivity contribution in [2.45, 2.75) is 28.3 Å². The molecule has 0 saturated carbocycles. The summed E-state index contributed by atoms with van der Waals surface area (Å²) in [5.41, 5.74) is 5.72. The lowest BCUT2D eigenvalue weighted by atomic mass is 9.94. The molecule has 2 nitrogen and oxygen atoms in total. The first-order valence-electron chi connectivity index (χ1n) is 12.3. The molecule has 2 heterocycles. The summed E-state index contributed by atoms with van der Waals surface area (Å²) in [7, 11) is 0. The van der Waals surface area contributed by atoms with Gasteiger partial charge >= 0.3 is 0 Å². The van der Waals surface area contributed by atoms with E-state index in [9.17, 15) is 0 Å². The van der Waals surface area contributed by atoms with Crippen molar-refractivity contribution in [1.82, 2.24) is 9.80 Å². The van der Waals surface area contributed by atoms with Gasteiger partial charge in [-0.25, -0.2) is 0 Å². The molecule has 1 fully saturated rings. The molecule has 3 heteroatoms. The zero-order valence-electron chi connectivity index (χ0n) is 19.4. The Labute approximate surface area is 207 Å². The lowest BCUT2D eigenvalue weighted by Gasteiger charge is -2.43. The van der Waals surface area contributed by atoms with Crippen LogP contribution in [0.5, 0.6) is 0 Å². The maximum atomic E-state index is 2.73. The van der Waals surface area contributed by atoms with Crippen LogP contribution in [0, 0.1) is 0 Å². The summed E-state index contributed by atoms with van der Waals surface area (Å²) in [5, 5.41) is 0. The summed E-state index contributed by atoms with van der Waals surface area (Å²) < 4.78 is 0. The maximum absolute atomic E-state index is 2.73. The summed E-state index contributed by atoms with van der Waals surface area (Å²) >= 11 is 1.93. The van der Waals surface area contributed by atoms with Crippen LogP contribution in [0.2, 0.25) is 0 Å². The first-order chi connectivity index (χ1) is 16.9. The zero-order chi connectivity index (χ0) is 22.7. The van der Waals surface area contributed by atoms with Gasteiger partial charge in [-0.1, -0.05) is 109 Å². The topological polar surface area (TPSA) is 6.48 Å². The molecule has 4 aromatic rings. The van der Waals surface area contributed by atoms with Crippen molar-refractivity contribution in [3.05, 3.63) is 131 Å². The van der Waals surface area contributed by atoms with Crippen molar-refractivity contribution >= 4 is 11.8 Å². The lowest BCUT2D eigenvalue weighted by molar-refractivity contribution is 0.0773. The molecule has 2 aliphatic rings. The lowest BCUT2D eigenvalue weighted by Crippen LogP contribution is -2.49. The molecule has 170 valence electrons. The number of rotatable bonds is 4. The summed E-state index contributed by atoms with van der Waals surface area (Å²) in [5.74, 6) is 0. The predicted octanol–water partition coefficient (Wildman–Crippen LogP) is 6.84. The Kier molecular flexibility index (Phi) is 6.24. The van der Waals surface area contributed by atoms with Gasteiger partial charge in [0.15, 0.2) is 0 Å². The van der Waals surface area contributed by atoms with Gasteiger partial charge in [0.25, 0.3) is 0 Å². The molecule has 1 saturated heterocycles. The Morgan fingerprint density at radius 1 is 0.588 bits per heavy atom. The molecule has 0 aliphatic carbocycles. The average molecular weight is 463 g/mol. The van der Waals surface area contributed by atoms with Gasteiger partial charge < -0.3 is 0 Å². The zero-order valence-corrected chi connectivity index (χ0v) is 20.2. The van der Waals surface area contributed by atoms with E-state index in [1.54, 1.807) is 0 Å². The van der Waals surface area contributed by atoms with E-state index in [0.717, 1.165) is 32.6 Å². The molecule has 0 radical (unpaired) electrons. The van der Waals surface area contributed by atoms with Gasteiger partial charge in [-0.3, -0.25) is 9.80 Å². The molecule has 2 aliphatic heterocycles. The number of fused-ring (bicyclic) bond motifs is 2. The molecular weight excluding hydrogens is 432 g/mol. The second-order valence-corrected chi connectivity index (χ2v) is 10.3. The summed E-state index contributed by atoms with van der Waals surface area (Å²) in [4.78, 5) is 8.22. The molecule has 0 aromatic heterocycles. The van der Waals surface area contributed by atoms with Crippen LogP contribution in [0.3, 0.4) is 0 Å². The number of hydrogen-bond donors (Lipinski definition) is 0. The molecule has 4 aromatic carbocycles. The largest absolute Gasteiger partial charge is 0.293 e. The molecule has 1 atom stereocenters. The minimum absolute atomic E-state index is 0.308. The minimum Gasteiger partial charge on any atom is -0.293 e. The number of nitrogens with zero attached hydrogens (tertiary/aromatic N) is 2. The third-order valence-corrected chi connectivity index (χ3v) is 8.48. The van der Waals surface area contributed by atoms with Crippen LogP contribution >= 0.6 is 11.8 Å². The highest BCUT2D eigenvalue weighted by molar-refractivity contribution is 7.99.